The second-order valence-electron chi connectivity index (χ2n) is 2.32. The second-order valence-corrected chi connectivity index (χ2v) is 2.32. The highest BCUT2D eigenvalue weighted by Gasteiger charge is 2.13. The quantitative estimate of drug-likeness (QED) is 0.494. The van der Waals surface area contributed by atoms with Crippen LogP contribution in [0.25, 0.3) is 0 Å². The number of aromatic nitrogens is 2. The van der Waals surface area contributed by atoms with Crippen LogP contribution in [-0.2, 0) is 6.54 Å². The van der Waals surface area contributed by atoms with Crippen LogP contribution in [0.1, 0.15) is 6.92 Å². The molecular formula is C6H7N3O4. The van der Waals surface area contributed by atoms with Gasteiger partial charge < -0.3 is 0 Å². The molecule has 0 fully saturated rings. The molecule has 0 aliphatic carbocycles. The molecule has 1 N–H and O–H groups in total. The maximum absolute atomic E-state index is 10.9. The van der Waals surface area contributed by atoms with Crippen LogP contribution in [0.4, 0.5) is 5.69 Å². The largest absolute Gasteiger partial charge is 0.350 e. The molecule has 13 heavy (non-hydrogen) atoms. The van der Waals surface area contributed by atoms with Gasteiger partial charge in [0.05, 0.1) is 11.1 Å². The van der Waals surface area contributed by atoms with E-state index in [1.807, 2.05) is 4.98 Å². The monoisotopic (exact) mass is 185 g/mol. The lowest BCUT2D eigenvalue weighted by Crippen LogP contribution is -2.30. The SMILES string of the molecule is CCn1cc([N+](=O)[O-])c(=O)[nH]c1=O. The third-order valence-electron chi connectivity index (χ3n) is 1.53. The molecule has 7 heteroatoms. The van der Waals surface area contributed by atoms with Crippen molar-refractivity contribution in [3.8, 4) is 0 Å². The molecule has 0 saturated heterocycles. The van der Waals surface area contributed by atoms with E-state index < -0.39 is 21.9 Å². The van der Waals surface area contributed by atoms with E-state index in [0.29, 0.717) is 0 Å². The van der Waals surface area contributed by atoms with Crippen LogP contribution in [0, 0.1) is 10.1 Å². The number of nitrogens with zero attached hydrogens (tertiary/aromatic N) is 2. The van der Waals surface area contributed by atoms with E-state index in [1.54, 1.807) is 6.92 Å². The molecule has 1 aromatic heterocycles. The van der Waals surface area contributed by atoms with Gasteiger partial charge in [0.1, 0.15) is 0 Å². The number of nitrogens with one attached hydrogen (secondary N) is 1. The molecule has 70 valence electrons. The van der Waals surface area contributed by atoms with Crippen LogP contribution in [0.15, 0.2) is 15.8 Å². The first-order chi connectivity index (χ1) is 6.06. The lowest BCUT2D eigenvalue weighted by Gasteiger charge is -1.98. The summed E-state index contributed by atoms with van der Waals surface area (Å²) in [6.45, 7) is 1.92. The number of aromatic amines is 1. The lowest BCUT2D eigenvalue weighted by molar-refractivity contribution is -0.386. The summed E-state index contributed by atoms with van der Waals surface area (Å²) in [5, 5.41) is 10.3. The lowest BCUT2D eigenvalue weighted by atomic mass is 10.5. The highest BCUT2D eigenvalue weighted by molar-refractivity contribution is 5.20. The summed E-state index contributed by atoms with van der Waals surface area (Å²) in [6, 6.07) is 0. The van der Waals surface area contributed by atoms with Crippen molar-refractivity contribution in [2.75, 3.05) is 0 Å². The Morgan fingerprint density at radius 3 is 2.69 bits per heavy atom. The van der Waals surface area contributed by atoms with Crippen molar-refractivity contribution in [1.29, 1.82) is 0 Å². The van der Waals surface area contributed by atoms with Crippen LogP contribution in [0.5, 0.6) is 0 Å². The fourth-order valence-electron chi connectivity index (χ4n) is 0.863. The molecule has 0 unspecified atom stereocenters. The van der Waals surface area contributed by atoms with Gasteiger partial charge >= 0.3 is 16.9 Å². The van der Waals surface area contributed by atoms with Gasteiger partial charge in [0.25, 0.3) is 0 Å². The molecule has 0 amide bonds. The van der Waals surface area contributed by atoms with Gasteiger partial charge in [0, 0.05) is 6.54 Å². The van der Waals surface area contributed by atoms with Gasteiger partial charge in [-0.25, -0.2) is 4.79 Å². The minimum absolute atomic E-state index is 0.274. The summed E-state index contributed by atoms with van der Waals surface area (Å²) in [5.41, 5.74) is -2.24. The van der Waals surface area contributed by atoms with Gasteiger partial charge in [-0.2, -0.15) is 0 Å². The Morgan fingerprint density at radius 1 is 1.62 bits per heavy atom. The maximum Gasteiger partial charge on any atom is 0.350 e. The summed E-state index contributed by atoms with van der Waals surface area (Å²) < 4.78 is 1.06. The predicted molar refractivity (Wildman–Crippen MR) is 43.7 cm³/mol. The average Bonchev–Trinajstić information content (AvgIpc) is 2.03. The van der Waals surface area contributed by atoms with Gasteiger partial charge in [0.15, 0.2) is 0 Å². The Morgan fingerprint density at radius 2 is 2.23 bits per heavy atom. The summed E-state index contributed by atoms with van der Waals surface area (Å²) in [5.74, 6) is 0. The maximum atomic E-state index is 10.9. The molecular weight excluding hydrogens is 178 g/mol. The van der Waals surface area contributed by atoms with E-state index in [2.05, 4.69) is 0 Å². The molecule has 0 aliphatic heterocycles. The molecule has 0 atom stereocenters. The number of hydrogen-bond donors (Lipinski definition) is 1. The van der Waals surface area contributed by atoms with Crippen LogP contribution in [0.2, 0.25) is 0 Å². The smallest absolute Gasteiger partial charge is 0.294 e. The molecule has 0 aliphatic rings. The second kappa shape index (κ2) is 3.21. The molecule has 0 radical (unpaired) electrons. The number of aryl methyl sites for hydroxylation is 1. The fourth-order valence-corrected chi connectivity index (χ4v) is 0.863. The zero-order chi connectivity index (χ0) is 10.0. The van der Waals surface area contributed by atoms with E-state index in [0.717, 1.165) is 10.8 Å². The molecule has 0 spiro atoms. The van der Waals surface area contributed by atoms with Crippen molar-refractivity contribution in [2.24, 2.45) is 0 Å². The van der Waals surface area contributed by atoms with Gasteiger partial charge in [0.2, 0.25) is 0 Å². The van der Waals surface area contributed by atoms with Crippen LogP contribution in [-0.4, -0.2) is 14.5 Å². The standard InChI is InChI=1S/C6H7N3O4/c1-2-8-3-4(9(12)13)5(10)7-6(8)11/h3H,2H2,1H3,(H,7,10,11). The van der Waals surface area contributed by atoms with Crippen molar-refractivity contribution < 1.29 is 4.92 Å². The number of rotatable bonds is 2. The van der Waals surface area contributed by atoms with Crippen molar-refractivity contribution in [3.05, 3.63) is 37.1 Å². The number of H-pyrrole nitrogens is 1. The van der Waals surface area contributed by atoms with Crippen LogP contribution >= 0.6 is 0 Å². The normalized spacial score (nSPS) is 9.92. The van der Waals surface area contributed by atoms with Gasteiger partial charge in [-0.3, -0.25) is 24.5 Å². The van der Waals surface area contributed by atoms with Gasteiger partial charge in [-0.1, -0.05) is 0 Å². The highest BCUT2D eigenvalue weighted by atomic mass is 16.6. The summed E-state index contributed by atoms with van der Waals surface area (Å²) in [4.78, 5) is 33.1. The Balaban J connectivity index is 3.48. The first kappa shape index (κ1) is 9.17. The minimum Gasteiger partial charge on any atom is -0.294 e. The number of hydrogen-bond acceptors (Lipinski definition) is 4. The van der Waals surface area contributed by atoms with E-state index in [4.69, 9.17) is 0 Å². The van der Waals surface area contributed by atoms with Crippen molar-refractivity contribution in [1.82, 2.24) is 9.55 Å². The van der Waals surface area contributed by atoms with Crippen LogP contribution in [0.3, 0.4) is 0 Å². The molecule has 0 saturated carbocycles. The predicted octanol–water partition coefficient (Wildman–Crippen LogP) is -0.535. The van der Waals surface area contributed by atoms with Crippen molar-refractivity contribution in [2.45, 2.75) is 13.5 Å². The van der Waals surface area contributed by atoms with E-state index in [9.17, 15) is 19.7 Å². The van der Waals surface area contributed by atoms with Gasteiger partial charge in [-0.05, 0) is 6.92 Å². The summed E-state index contributed by atoms with van der Waals surface area (Å²) >= 11 is 0. The van der Waals surface area contributed by atoms with E-state index >= 15 is 0 Å². The number of nitro groups is 1. The molecule has 0 bridgehead atoms. The van der Waals surface area contributed by atoms with E-state index in [-0.39, 0.29) is 6.54 Å². The van der Waals surface area contributed by atoms with Crippen molar-refractivity contribution in [3.63, 3.8) is 0 Å². The summed E-state index contributed by atoms with van der Waals surface area (Å²) in [6.07, 6.45) is 0.932. The van der Waals surface area contributed by atoms with Gasteiger partial charge in [-0.15, -0.1) is 0 Å². The average molecular weight is 185 g/mol. The molecule has 1 rings (SSSR count). The van der Waals surface area contributed by atoms with Crippen LogP contribution < -0.4 is 11.2 Å². The Hall–Kier alpha value is -1.92. The first-order valence-electron chi connectivity index (χ1n) is 3.54. The first-order valence-corrected chi connectivity index (χ1v) is 3.54. The molecule has 1 aromatic rings. The zero-order valence-electron chi connectivity index (χ0n) is 6.81. The van der Waals surface area contributed by atoms with Crippen molar-refractivity contribution >= 4 is 5.69 Å². The third-order valence-corrected chi connectivity index (χ3v) is 1.53. The third kappa shape index (κ3) is 1.63. The Labute approximate surface area is 71.8 Å². The molecule has 1 heterocycles. The fraction of sp³-hybridized carbons (Fsp3) is 0.333. The summed E-state index contributed by atoms with van der Waals surface area (Å²) in [7, 11) is 0. The highest BCUT2D eigenvalue weighted by Crippen LogP contribution is 1.97. The molecule has 0 aromatic carbocycles. The Kier molecular flexibility index (Phi) is 2.27. The molecule has 7 nitrogen and oxygen atoms in total. The topological polar surface area (TPSA) is 98.0 Å². The minimum atomic E-state index is -0.973. The zero-order valence-corrected chi connectivity index (χ0v) is 6.81. The van der Waals surface area contributed by atoms with E-state index in [1.165, 1.54) is 0 Å². The Bertz CT molecular complexity index is 444.